The predicted molar refractivity (Wildman–Crippen MR) is 85.1 cm³/mol. The zero-order chi connectivity index (χ0) is 12.9. The fraction of sp³-hybridized carbons (Fsp3) is 0. The van der Waals surface area contributed by atoms with E-state index in [1.807, 2.05) is 0 Å². The van der Waals surface area contributed by atoms with Gasteiger partial charge in [0.05, 0.1) is 0 Å². The average Bonchev–Trinajstić information content (AvgIpc) is 2.51. The van der Waals surface area contributed by atoms with E-state index in [1.165, 1.54) is 15.9 Å². The van der Waals surface area contributed by atoms with Gasteiger partial charge in [-0.15, -0.1) is 0 Å². The van der Waals surface area contributed by atoms with Crippen LogP contribution in [0.3, 0.4) is 0 Å². The second kappa shape index (κ2) is 9.43. The standard InChI is InChI=1S/C18H15P.Pt.Ru/c1-4-10-16(11-5-1)19(17-12-6-2-7-13-17)18-14-8-3-9-15-18;;/h1-15H;;. The Kier molecular flexibility index (Phi) is 8.28. The molecule has 0 spiro atoms. The number of hydrogen-bond acceptors (Lipinski definition) is 0. The van der Waals surface area contributed by atoms with Gasteiger partial charge < -0.3 is 0 Å². The van der Waals surface area contributed by atoms with Crippen molar-refractivity contribution in [1.82, 2.24) is 0 Å². The monoisotopic (exact) mass is 559 g/mol. The second-order valence-electron chi connectivity index (χ2n) is 4.34. The Bertz CT molecular complexity index is 535. The second-order valence-corrected chi connectivity index (χ2v) is 6.56. The van der Waals surface area contributed by atoms with Crippen LogP contribution in [0.1, 0.15) is 0 Å². The third-order valence-corrected chi connectivity index (χ3v) is 5.49. The topological polar surface area (TPSA) is 0 Å². The summed E-state index contributed by atoms with van der Waals surface area (Å²) in [5.41, 5.74) is 0. The number of benzene rings is 3. The first kappa shape index (κ1) is 18.5. The maximum Gasteiger partial charge on any atom is 0 e. The molecule has 0 aliphatic rings. The Hall–Kier alpha value is -0.598. The fourth-order valence-corrected chi connectivity index (χ4v) is 4.48. The van der Waals surface area contributed by atoms with E-state index in [-0.39, 0.29) is 40.5 Å². The van der Waals surface area contributed by atoms with Crippen molar-refractivity contribution >= 4 is 23.8 Å². The van der Waals surface area contributed by atoms with E-state index in [2.05, 4.69) is 91.0 Å². The molecular formula is C18H15PPtRu. The number of hydrogen-bond donors (Lipinski definition) is 0. The van der Waals surface area contributed by atoms with E-state index in [4.69, 9.17) is 0 Å². The van der Waals surface area contributed by atoms with Gasteiger partial charge >= 0.3 is 0 Å². The van der Waals surface area contributed by atoms with Crippen molar-refractivity contribution in [2.45, 2.75) is 0 Å². The molecule has 3 rings (SSSR count). The van der Waals surface area contributed by atoms with Gasteiger partial charge in [-0.2, -0.15) is 0 Å². The van der Waals surface area contributed by atoms with Crippen LogP contribution >= 0.6 is 7.92 Å². The fourth-order valence-electron chi connectivity index (χ4n) is 2.18. The molecule has 0 aliphatic heterocycles. The van der Waals surface area contributed by atoms with Crippen molar-refractivity contribution in [1.29, 1.82) is 0 Å². The maximum atomic E-state index is 2.23. The van der Waals surface area contributed by atoms with E-state index >= 15 is 0 Å². The van der Waals surface area contributed by atoms with Gasteiger partial charge in [0.15, 0.2) is 0 Å². The van der Waals surface area contributed by atoms with E-state index < -0.39 is 7.92 Å². The van der Waals surface area contributed by atoms with Gasteiger partial charge in [-0.05, 0) is 23.8 Å². The van der Waals surface area contributed by atoms with Crippen molar-refractivity contribution in [2.24, 2.45) is 0 Å². The van der Waals surface area contributed by atoms with Crippen molar-refractivity contribution in [3.05, 3.63) is 91.0 Å². The molecular weight excluding hydrogens is 543 g/mol. The average molecular weight is 558 g/mol. The summed E-state index contributed by atoms with van der Waals surface area (Å²) < 4.78 is 0. The Morgan fingerprint density at radius 3 is 0.905 bits per heavy atom. The summed E-state index contributed by atoms with van der Waals surface area (Å²) in [6.07, 6.45) is 0. The predicted octanol–water partition coefficient (Wildman–Crippen LogP) is 3.44. The van der Waals surface area contributed by atoms with E-state index in [9.17, 15) is 0 Å². The molecule has 0 aliphatic carbocycles. The summed E-state index contributed by atoms with van der Waals surface area (Å²) in [7, 11) is -0.446. The zero-order valence-corrected chi connectivity index (χ0v) is 16.2. The molecule has 3 aromatic carbocycles. The van der Waals surface area contributed by atoms with Crippen molar-refractivity contribution in [2.75, 3.05) is 0 Å². The maximum absolute atomic E-state index is 2.23. The first-order valence-corrected chi connectivity index (χ1v) is 7.74. The molecule has 21 heavy (non-hydrogen) atoms. The largest absolute Gasteiger partial charge is 0.0622 e. The van der Waals surface area contributed by atoms with Crippen LogP contribution in [0.4, 0.5) is 0 Å². The first-order chi connectivity index (χ1) is 9.45. The van der Waals surface area contributed by atoms with Crippen LogP contribution in [-0.4, -0.2) is 0 Å². The third kappa shape index (κ3) is 4.69. The van der Waals surface area contributed by atoms with E-state index in [1.54, 1.807) is 0 Å². The van der Waals surface area contributed by atoms with Gasteiger partial charge in [-0.25, -0.2) is 0 Å². The van der Waals surface area contributed by atoms with Crippen LogP contribution in [0.2, 0.25) is 0 Å². The molecule has 0 saturated heterocycles. The normalized spacial score (nSPS) is 9.57. The molecule has 0 amide bonds. The van der Waals surface area contributed by atoms with Gasteiger partial charge in [-0.3, -0.25) is 0 Å². The molecule has 0 aromatic heterocycles. The van der Waals surface area contributed by atoms with Crippen LogP contribution in [0.5, 0.6) is 0 Å². The molecule has 0 radical (unpaired) electrons. The molecule has 0 heterocycles. The quantitative estimate of drug-likeness (QED) is 0.342. The molecule has 3 aromatic rings. The Labute approximate surface area is 154 Å². The molecule has 110 valence electrons. The van der Waals surface area contributed by atoms with Gasteiger partial charge in [0, 0.05) is 40.5 Å². The van der Waals surface area contributed by atoms with Crippen molar-refractivity contribution in [3.63, 3.8) is 0 Å². The third-order valence-electron chi connectivity index (χ3n) is 3.04. The van der Waals surface area contributed by atoms with Crippen LogP contribution < -0.4 is 15.9 Å². The Balaban J connectivity index is 0.00000110. The Morgan fingerprint density at radius 2 is 0.667 bits per heavy atom. The molecule has 0 fully saturated rings. The summed E-state index contributed by atoms with van der Waals surface area (Å²) in [5, 5.41) is 4.19. The van der Waals surface area contributed by atoms with E-state index in [0.717, 1.165) is 0 Å². The zero-order valence-electron chi connectivity index (χ0n) is 11.3. The molecule has 3 heteroatoms. The number of rotatable bonds is 3. The van der Waals surface area contributed by atoms with Crippen LogP contribution in [0, 0.1) is 0 Å². The summed E-state index contributed by atoms with van der Waals surface area (Å²) >= 11 is 0. The summed E-state index contributed by atoms with van der Waals surface area (Å²) in [5.74, 6) is 0. The summed E-state index contributed by atoms with van der Waals surface area (Å²) in [4.78, 5) is 0. The van der Waals surface area contributed by atoms with Gasteiger partial charge in [0.25, 0.3) is 0 Å². The summed E-state index contributed by atoms with van der Waals surface area (Å²) in [6.45, 7) is 0. The van der Waals surface area contributed by atoms with E-state index in [0.29, 0.717) is 0 Å². The minimum Gasteiger partial charge on any atom is -0.0622 e. The molecule has 0 atom stereocenters. The van der Waals surface area contributed by atoms with Gasteiger partial charge in [0.2, 0.25) is 0 Å². The first-order valence-electron chi connectivity index (χ1n) is 6.40. The SMILES string of the molecule is [Pt].[Ru].c1ccc(P(c2ccccc2)c2ccccc2)cc1. The minimum absolute atomic E-state index is 0. The Morgan fingerprint density at radius 1 is 0.429 bits per heavy atom. The van der Waals surface area contributed by atoms with Gasteiger partial charge in [-0.1, -0.05) is 91.0 Å². The van der Waals surface area contributed by atoms with Crippen LogP contribution in [0.15, 0.2) is 91.0 Å². The smallest absolute Gasteiger partial charge is 0 e. The van der Waals surface area contributed by atoms with Crippen LogP contribution in [0.25, 0.3) is 0 Å². The van der Waals surface area contributed by atoms with Crippen molar-refractivity contribution < 1.29 is 40.5 Å². The molecule has 0 unspecified atom stereocenters. The molecule has 0 bridgehead atoms. The molecule has 0 nitrogen and oxygen atoms in total. The molecule has 0 saturated carbocycles. The molecule has 0 N–H and O–H groups in total. The van der Waals surface area contributed by atoms with Crippen LogP contribution in [-0.2, 0) is 40.5 Å². The van der Waals surface area contributed by atoms with Gasteiger partial charge in [0.1, 0.15) is 0 Å². The van der Waals surface area contributed by atoms with Crippen molar-refractivity contribution in [3.8, 4) is 0 Å². The summed E-state index contributed by atoms with van der Waals surface area (Å²) in [6, 6.07) is 32.3. The minimum atomic E-state index is -0.446.